The molecule has 0 aliphatic carbocycles. The van der Waals surface area contributed by atoms with Crippen molar-refractivity contribution in [1.29, 1.82) is 0 Å². The zero-order chi connectivity index (χ0) is 22.2. The number of hydrogen-bond acceptors (Lipinski definition) is 5. The predicted molar refractivity (Wildman–Crippen MR) is 118 cm³/mol. The highest BCUT2D eigenvalue weighted by Gasteiger charge is 2.10. The number of nitrogens with zero attached hydrogens (tertiary/aromatic N) is 1. The van der Waals surface area contributed by atoms with Crippen LogP contribution in [0.4, 0.5) is 4.39 Å². The van der Waals surface area contributed by atoms with Crippen LogP contribution in [0.2, 0.25) is 5.02 Å². The standard InChI is InChI=1S/C22H15BrClFN2O4/c23-19-11-16(24)7-8-20(19)30-13-21(28)27-26-12-14-3-1-6-18(9-14)31-22(29)15-4-2-5-17(25)10-15/h1-12H,13H2,(H,27,28)/b26-12+. The van der Waals surface area contributed by atoms with Crippen LogP contribution in [-0.4, -0.2) is 24.7 Å². The Hall–Kier alpha value is -3.23. The Morgan fingerprint density at radius 2 is 1.90 bits per heavy atom. The third-order valence-corrected chi connectivity index (χ3v) is 4.64. The van der Waals surface area contributed by atoms with E-state index in [1.54, 1.807) is 42.5 Å². The van der Waals surface area contributed by atoms with Crippen LogP contribution in [0.5, 0.6) is 11.5 Å². The lowest BCUT2D eigenvalue weighted by atomic mass is 10.2. The molecule has 3 aromatic carbocycles. The number of hydrazone groups is 1. The molecule has 158 valence electrons. The summed E-state index contributed by atoms with van der Waals surface area (Å²) in [6.07, 6.45) is 1.38. The number of amides is 1. The number of carbonyl (C=O) groups excluding carboxylic acids is 2. The number of rotatable bonds is 7. The van der Waals surface area contributed by atoms with E-state index in [4.69, 9.17) is 21.1 Å². The lowest BCUT2D eigenvalue weighted by Crippen LogP contribution is -2.24. The molecule has 0 aromatic heterocycles. The SMILES string of the molecule is O=C(COc1ccc(Cl)cc1Br)N/N=C/c1cccc(OC(=O)c2cccc(F)c2)c1. The number of carbonyl (C=O) groups is 2. The molecule has 0 heterocycles. The Morgan fingerprint density at radius 3 is 2.68 bits per heavy atom. The molecule has 0 aliphatic heterocycles. The number of ether oxygens (including phenoxy) is 2. The van der Waals surface area contributed by atoms with Gasteiger partial charge in [0, 0.05) is 5.02 Å². The van der Waals surface area contributed by atoms with Gasteiger partial charge in [-0.1, -0.05) is 29.8 Å². The van der Waals surface area contributed by atoms with Gasteiger partial charge in [0.1, 0.15) is 17.3 Å². The molecule has 0 bridgehead atoms. The summed E-state index contributed by atoms with van der Waals surface area (Å²) in [6.45, 7) is -0.247. The van der Waals surface area contributed by atoms with E-state index in [2.05, 4.69) is 26.5 Å². The fourth-order valence-corrected chi connectivity index (χ4v) is 3.18. The molecule has 9 heteroatoms. The van der Waals surface area contributed by atoms with E-state index in [1.165, 1.54) is 24.4 Å². The van der Waals surface area contributed by atoms with Crippen LogP contribution in [0.15, 0.2) is 76.3 Å². The summed E-state index contributed by atoms with van der Waals surface area (Å²) in [5.74, 6) is -0.963. The number of hydrogen-bond donors (Lipinski definition) is 1. The first-order chi connectivity index (χ1) is 14.9. The van der Waals surface area contributed by atoms with Crippen LogP contribution in [0.1, 0.15) is 15.9 Å². The molecule has 1 N–H and O–H groups in total. The fraction of sp³-hybridized carbons (Fsp3) is 0.0455. The minimum absolute atomic E-state index is 0.0960. The maximum Gasteiger partial charge on any atom is 0.343 e. The molecule has 1 amide bonds. The van der Waals surface area contributed by atoms with E-state index >= 15 is 0 Å². The van der Waals surface area contributed by atoms with Crippen LogP contribution >= 0.6 is 27.5 Å². The number of halogens is 3. The third-order valence-electron chi connectivity index (χ3n) is 3.78. The van der Waals surface area contributed by atoms with Crippen molar-refractivity contribution >= 4 is 45.6 Å². The molecular weight excluding hydrogens is 491 g/mol. The highest BCUT2D eigenvalue weighted by Crippen LogP contribution is 2.27. The Morgan fingerprint density at radius 1 is 1.10 bits per heavy atom. The van der Waals surface area contributed by atoms with Crippen LogP contribution in [0.3, 0.4) is 0 Å². The first-order valence-electron chi connectivity index (χ1n) is 8.88. The predicted octanol–water partition coefficient (Wildman–Crippen LogP) is 4.99. The van der Waals surface area contributed by atoms with Gasteiger partial charge in [-0.2, -0.15) is 5.10 Å². The van der Waals surface area contributed by atoms with Gasteiger partial charge < -0.3 is 9.47 Å². The Kier molecular flexibility index (Phi) is 7.75. The van der Waals surface area contributed by atoms with Crippen molar-refractivity contribution in [2.75, 3.05) is 6.61 Å². The average molecular weight is 506 g/mol. The summed E-state index contributed by atoms with van der Waals surface area (Å²) in [4.78, 5) is 24.0. The Balaban J connectivity index is 1.52. The summed E-state index contributed by atoms with van der Waals surface area (Å²) in [7, 11) is 0. The summed E-state index contributed by atoms with van der Waals surface area (Å²) >= 11 is 9.15. The van der Waals surface area contributed by atoms with E-state index in [1.807, 2.05) is 0 Å². The van der Waals surface area contributed by atoms with E-state index in [0.717, 1.165) is 6.07 Å². The van der Waals surface area contributed by atoms with Gasteiger partial charge in [0.15, 0.2) is 6.61 Å². The normalized spacial score (nSPS) is 10.7. The Bertz CT molecular complexity index is 1140. The molecule has 0 radical (unpaired) electrons. The molecule has 6 nitrogen and oxygen atoms in total. The van der Waals surface area contributed by atoms with Crippen molar-refractivity contribution in [1.82, 2.24) is 5.43 Å². The van der Waals surface area contributed by atoms with Gasteiger partial charge in [0.05, 0.1) is 16.3 Å². The molecule has 31 heavy (non-hydrogen) atoms. The van der Waals surface area contributed by atoms with Crippen molar-refractivity contribution in [3.8, 4) is 11.5 Å². The van der Waals surface area contributed by atoms with Crippen molar-refractivity contribution in [3.05, 3.63) is 93.2 Å². The first kappa shape index (κ1) is 22.5. The van der Waals surface area contributed by atoms with Crippen molar-refractivity contribution < 1.29 is 23.5 Å². The van der Waals surface area contributed by atoms with Crippen molar-refractivity contribution in [2.45, 2.75) is 0 Å². The molecule has 0 atom stereocenters. The fourth-order valence-electron chi connectivity index (χ4n) is 2.39. The summed E-state index contributed by atoms with van der Waals surface area (Å²) in [5.41, 5.74) is 3.01. The molecule has 3 aromatic rings. The quantitative estimate of drug-likeness (QED) is 0.212. The zero-order valence-electron chi connectivity index (χ0n) is 15.8. The van der Waals surface area contributed by atoms with E-state index in [9.17, 15) is 14.0 Å². The molecule has 0 fully saturated rings. The average Bonchev–Trinajstić information content (AvgIpc) is 2.73. The number of nitrogens with one attached hydrogen (secondary N) is 1. The van der Waals surface area contributed by atoms with Crippen molar-refractivity contribution in [3.63, 3.8) is 0 Å². The van der Waals surface area contributed by atoms with Gasteiger partial charge in [-0.15, -0.1) is 0 Å². The lowest BCUT2D eigenvalue weighted by molar-refractivity contribution is -0.123. The Labute approximate surface area is 190 Å². The second-order valence-corrected chi connectivity index (χ2v) is 7.42. The molecule has 0 aliphatic rings. The molecule has 0 saturated carbocycles. The largest absolute Gasteiger partial charge is 0.483 e. The molecule has 0 saturated heterocycles. The molecule has 3 rings (SSSR count). The summed E-state index contributed by atoms with van der Waals surface area (Å²) in [5, 5.41) is 4.39. The monoisotopic (exact) mass is 504 g/mol. The van der Waals surface area contributed by atoms with Crippen LogP contribution in [0, 0.1) is 5.82 Å². The zero-order valence-corrected chi connectivity index (χ0v) is 18.2. The smallest absolute Gasteiger partial charge is 0.343 e. The highest BCUT2D eigenvalue weighted by atomic mass is 79.9. The van der Waals surface area contributed by atoms with Gasteiger partial charge in [-0.25, -0.2) is 14.6 Å². The van der Waals surface area contributed by atoms with Gasteiger partial charge in [-0.05, 0) is 70.0 Å². The lowest BCUT2D eigenvalue weighted by Gasteiger charge is -2.07. The molecule has 0 spiro atoms. The van der Waals surface area contributed by atoms with Crippen LogP contribution in [0.25, 0.3) is 0 Å². The second-order valence-electron chi connectivity index (χ2n) is 6.13. The third kappa shape index (κ3) is 6.91. The van der Waals surface area contributed by atoms with Gasteiger partial charge in [-0.3, -0.25) is 4.79 Å². The first-order valence-corrected chi connectivity index (χ1v) is 10.1. The van der Waals surface area contributed by atoms with Gasteiger partial charge in [0.25, 0.3) is 5.91 Å². The minimum Gasteiger partial charge on any atom is -0.483 e. The number of benzene rings is 3. The van der Waals surface area contributed by atoms with Crippen LogP contribution < -0.4 is 14.9 Å². The maximum atomic E-state index is 13.2. The second kappa shape index (κ2) is 10.7. The maximum absolute atomic E-state index is 13.2. The van der Waals surface area contributed by atoms with E-state index < -0.39 is 17.7 Å². The molecular formula is C22H15BrClFN2O4. The van der Waals surface area contributed by atoms with E-state index in [-0.39, 0.29) is 17.9 Å². The van der Waals surface area contributed by atoms with Crippen LogP contribution in [-0.2, 0) is 4.79 Å². The summed E-state index contributed by atoms with van der Waals surface area (Å²) < 4.78 is 24.5. The van der Waals surface area contributed by atoms with E-state index in [0.29, 0.717) is 20.8 Å². The van der Waals surface area contributed by atoms with Gasteiger partial charge >= 0.3 is 5.97 Å². The summed E-state index contributed by atoms with van der Waals surface area (Å²) in [6, 6.07) is 16.6. The molecule has 0 unspecified atom stereocenters. The highest BCUT2D eigenvalue weighted by molar-refractivity contribution is 9.10. The topological polar surface area (TPSA) is 77.0 Å². The number of esters is 1. The minimum atomic E-state index is -0.688. The van der Waals surface area contributed by atoms with Crippen molar-refractivity contribution in [2.24, 2.45) is 5.10 Å². The van der Waals surface area contributed by atoms with Gasteiger partial charge in [0.2, 0.25) is 0 Å².